The van der Waals surface area contributed by atoms with Gasteiger partial charge in [-0.2, -0.15) is 0 Å². The van der Waals surface area contributed by atoms with Crippen molar-refractivity contribution in [2.45, 2.75) is 72.8 Å². The maximum atomic E-state index is 12.3. The molecule has 140 valence electrons. The Morgan fingerprint density at radius 3 is 2.60 bits per heavy atom. The molecule has 0 heterocycles. The lowest BCUT2D eigenvalue weighted by Gasteiger charge is -2.34. The quantitative estimate of drug-likeness (QED) is 0.525. The summed E-state index contributed by atoms with van der Waals surface area (Å²) in [5.41, 5.74) is 2.97. The average molecular weight is 348 g/mol. The fourth-order valence-electron chi connectivity index (χ4n) is 3.28. The Morgan fingerprint density at radius 1 is 1.32 bits per heavy atom. The van der Waals surface area contributed by atoms with Gasteiger partial charge in [0.05, 0.1) is 6.61 Å². The maximum absolute atomic E-state index is 12.3. The van der Waals surface area contributed by atoms with Crippen LogP contribution in [0.25, 0.3) is 0 Å². The molecule has 0 spiro atoms. The van der Waals surface area contributed by atoms with Gasteiger partial charge in [-0.3, -0.25) is 9.59 Å². The molecule has 1 unspecified atom stereocenters. The summed E-state index contributed by atoms with van der Waals surface area (Å²) in [6.45, 7) is 9.45. The maximum Gasteiger partial charge on any atom is 0.303 e. The van der Waals surface area contributed by atoms with E-state index in [0.717, 1.165) is 30.4 Å². The average Bonchev–Trinajstić information content (AvgIpc) is 2.51. The van der Waals surface area contributed by atoms with E-state index >= 15 is 0 Å². The van der Waals surface area contributed by atoms with Crippen molar-refractivity contribution in [2.75, 3.05) is 6.61 Å². The second kappa shape index (κ2) is 9.71. The highest BCUT2D eigenvalue weighted by atomic mass is 16.5. The van der Waals surface area contributed by atoms with Crippen LogP contribution in [0.3, 0.4) is 0 Å². The smallest absolute Gasteiger partial charge is 0.303 e. The number of carbonyl (C=O) groups excluding carboxylic acids is 2. The van der Waals surface area contributed by atoms with Crippen LogP contribution in [-0.4, -0.2) is 29.6 Å². The topological polar surface area (TPSA) is 63.6 Å². The van der Waals surface area contributed by atoms with Crippen molar-refractivity contribution in [3.8, 4) is 0 Å². The lowest BCUT2D eigenvalue weighted by Crippen LogP contribution is -2.33. The molecule has 1 atom stereocenters. The third-order valence-electron chi connectivity index (χ3n) is 4.91. The SMILES string of the molecule is CC(=O)OC(/C=C/CC/C(C)=C/CO)CC1=C(C)CCC(=O)C1(C)C. The number of rotatable bonds is 8. The van der Waals surface area contributed by atoms with E-state index in [1.807, 2.05) is 32.9 Å². The van der Waals surface area contributed by atoms with Crippen LogP contribution in [0.5, 0.6) is 0 Å². The third kappa shape index (κ3) is 6.62. The predicted octanol–water partition coefficient (Wildman–Crippen LogP) is 4.29. The van der Waals surface area contributed by atoms with E-state index in [-0.39, 0.29) is 24.5 Å². The fourth-order valence-corrected chi connectivity index (χ4v) is 3.28. The van der Waals surface area contributed by atoms with Crippen LogP contribution in [0.4, 0.5) is 0 Å². The summed E-state index contributed by atoms with van der Waals surface area (Å²) in [5.74, 6) is -0.0624. The number of aliphatic hydroxyl groups excluding tert-OH is 1. The summed E-state index contributed by atoms with van der Waals surface area (Å²) in [4.78, 5) is 23.7. The van der Waals surface area contributed by atoms with Crippen LogP contribution in [-0.2, 0) is 14.3 Å². The molecule has 0 aromatic heterocycles. The first-order valence-electron chi connectivity index (χ1n) is 9.01. The molecule has 1 N–H and O–H groups in total. The van der Waals surface area contributed by atoms with Gasteiger partial charge in [-0.1, -0.05) is 28.9 Å². The number of hydrogen-bond donors (Lipinski definition) is 1. The minimum absolute atomic E-state index is 0.0577. The largest absolute Gasteiger partial charge is 0.458 e. The Kier molecular flexibility index (Phi) is 8.30. The van der Waals surface area contributed by atoms with E-state index in [9.17, 15) is 9.59 Å². The van der Waals surface area contributed by atoms with E-state index in [4.69, 9.17) is 9.84 Å². The Hall–Kier alpha value is -1.68. The summed E-state index contributed by atoms with van der Waals surface area (Å²) in [6.07, 6.45) is 8.99. The van der Waals surface area contributed by atoms with Gasteiger partial charge >= 0.3 is 5.97 Å². The van der Waals surface area contributed by atoms with Gasteiger partial charge in [-0.25, -0.2) is 0 Å². The van der Waals surface area contributed by atoms with E-state index in [1.54, 1.807) is 6.08 Å². The Bertz CT molecular complexity index is 579. The molecule has 0 bridgehead atoms. The lowest BCUT2D eigenvalue weighted by molar-refractivity contribution is -0.144. The second-order valence-corrected chi connectivity index (χ2v) is 7.36. The molecule has 4 nitrogen and oxygen atoms in total. The van der Waals surface area contributed by atoms with E-state index < -0.39 is 5.41 Å². The van der Waals surface area contributed by atoms with Crippen LogP contribution >= 0.6 is 0 Å². The molecule has 0 saturated heterocycles. The summed E-state index contributed by atoms with van der Waals surface area (Å²) in [5, 5.41) is 8.87. The standard InChI is InChI=1S/C21H32O4/c1-15(12-13-22)8-6-7-9-18(25-17(3)23)14-19-16(2)10-11-20(24)21(19,4)5/h7,9,12,18,22H,6,8,10-11,13-14H2,1-5H3/b9-7+,15-12+. The molecular formula is C21H32O4. The fraction of sp³-hybridized carbons (Fsp3) is 0.619. The molecule has 1 aliphatic carbocycles. The number of ether oxygens (including phenoxy) is 1. The first-order chi connectivity index (χ1) is 11.7. The van der Waals surface area contributed by atoms with Gasteiger partial charge in [0, 0.05) is 25.2 Å². The zero-order chi connectivity index (χ0) is 19.0. The van der Waals surface area contributed by atoms with Crippen molar-refractivity contribution in [1.29, 1.82) is 0 Å². The zero-order valence-electron chi connectivity index (χ0n) is 16.2. The normalized spacial score (nSPS) is 19.4. The van der Waals surface area contributed by atoms with Crippen molar-refractivity contribution in [2.24, 2.45) is 5.41 Å². The van der Waals surface area contributed by atoms with Crippen molar-refractivity contribution in [3.05, 3.63) is 34.9 Å². The van der Waals surface area contributed by atoms with Crippen molar-refractivity contribution in [1.82, 2.24) is 0 Å². The van der Waals surface area contributed by atoms with Crippen molar-refractivity contribution < 1.29 is 19.4 Å². The highest BCUT2D eigenvalue weighted by molar-refractivity contribution is 5.88. The summed E-state index contributed by atoms with van der Waals surface area (Å²) >= 11 is 0. The number of aliphatic hydroxyl groups is 1. The molecule has 0 aromatic rings. The summed E-state index contributed by atoms with van der Waals surface area (Å²) in [7, 11) is 0. The Balaban J connectivity index is 2.84. The van der Waals surface area contributed by atoms with Crippen LogP contribution < -0.4 is 0 Å². The van der Waals surface area contributed by atoms with Gasteiger partial charge in [0.25, 0.3) is 0 Å². The zero-order valence-corrected chi connectivity index (χ0v) is 16.2. The molecule has 4 heteroatoms. The molecule has 0 saturated carbocycles. The number of allylic oxidation sites excluding steroid dienone is 3. The summed E-state index contributed by atoms with van der Waals surface area (Å²) < 4.78 is 5.46. The number of Topliss-reactive ketones (excluding diaryl/α,β-unsaturated/α-hetero) is 1. The van der Waals surface area contributed by atoms with E-state index in [1.165, 1.54) is 12.5 Å². The van der Waals surface area contributed by atoms with Crippen LogP contribution in [0.2, 0.25) is 0 Å². The highest BCUT2D eigenvalue weighted by Gasteiger charge is 2.36. The van der Waals surface area contributed by atoms with Crippen molar-refractivity contribution >= 4 is 11.8 Å². The molecule has 0 aliphatic heterocycles. The van der Waals surface area contributed by atoms with E-state index in [2.05, 4.69) is 6.92 Å². The van der Waals surface area contributed by atoms with Crippen molar-refractivity contribution in [3.63, 3.8) is 0 Å². The summed E-state index contributed by atoms with van der Waals surface area (Å²) in [6, 6.07) is 0. The first-order valence-corrected chi connectivity index (χ1v) is 9.01. The lowest BCUT2D eigenvalue weighted by atomic mass is 9.70. The molecule has 1 aliphatic rings. The number of hydrogen-bond acceptors (Lipinski definition) is 4. The predicted molar refractivity (Wildman–Crippen MR) is 100 cm³/mol. The van der Waals surface area contributed by atoms with Crippen LogP contribution in [0, 0.1) is 5.41 Å². The highest BCUT2D eigenvalue weighted by Crippen LogP contribution is 2.40. The van der Waals surface area contributed by atoms with Gasteiger partial charge < -0.3 is 9.84 Å². The van der Waals surface area contributed by atoms with E-state index in [0.29, 0.717) is 12.8 Å². The second-order valence-electron chi connectivity index (χ2n) is 7.36. The van der Waals surface area contributed by atoms with Gasteiger partial charge in [0.15, 0.2) is 0 Å². The molecule has 0 fully saturated rings. The first kappa shape index (κ1) is 21.4. The van der Waals surface area contributed by atoms with Crippen LogP contribution in [0.15, 0.2) is 34.9 Å². The van der Waals surface area contributed by atoms with Gasteiger partial charge in [-0.15, -0.1) is 0 Å². The van der Waals surface area contributed by atoms with Gasteiger partial charge in [0.1, 0.15) is 11.9 Å². The third-order valence-corrected chi connectivity index (χ3v) is 4.91. The Morgan fingerprint density at radius 2 is 2.00 bits per heavy atom. The molecule has 1 rings (SSSR count). The Labute approximate surface area is 151 Å². The minimum atomic E-state index is -0.491. The molecular weight excluding hydrogens is 316 g/mol. The number of carbonyl (C=O) groups is 2. The van der Waals surface area contributed by atoms with Gasteiger partial charge in [-0.05, 0) is 53.0 Å². The molecule has 0 aromatic carbocycles. The molecule has 0 amide bonds. The minimum Gasteiger partial charge on any atom is -0.458 e. The monoisotopic (exact) mass is 348 g/mol. The van der Waals surface area contributed by atoms with Crippen LogP contribution in [0.1, 0.15) is 66.7 Å². The molecule has 25 heavy (non-hydrogen) atoms. The molecule has 0 radical (unpaired) electrons. The van der Waals surface area contributed by atoms with Gasteiger partial charge in [0.2, 0.25) is 0 Å². The number of esters is 1. The number of ketones is 1.